The maximum absolute atomic E-state index is 14.5. The van der Waals surface area contributed by atoms with E-state index in [4.69, 9.17) is 40.0 Å². The van der Waals surface area contributed by atoms with E-state index in [1.54, 1.807) is 42.7 Å². The number of piperidine rings is 1. The molecular weight excluding hydrogens is 1060 g/mol. The monoisotopic (exact) mass is 1130 g/mol. The van der Waals surface area contributed by atoms with Gasteiger partial charge in [-0.3, -0.25) is 19.2 Å². The van der Waals surface area contributed by atoms with Crippen LogP contribution >= 0.6 is 11.6 Å². The highest BCUT2D eigenvalue weighted by molar-refractivity contribution is 6.19. The summed E-state index contributed by atoms with van der Waals surface area (Å²) in [5.74, 6) is -0.529. The standard InChI is InChI=1S/C61H69ClN6O13/c1-6-25-78-60(73)65-55(36(2)3)57(71)63-37(4)56(70)64-42-22-20-38(21-23-42)34-79-49-31-48-54(44-17-8-7-16-43(44)49)41(32-62)33-67(48)52(69)28-39-14-13-15-40(27-39)35-80-51-30-47-45(29-50(51)76-5)58(72)66-24-11-9-18-46(66)59(68(47)61(74)75)81-53-19-10-12-26-77-53/h6-8,13-17,20-23,27,29-31,36-37,41,46,53,55,59H,1,9-12,18-19,24-26,28,32-35H2,2-5H3,(H,63,71)(H,64,70)(H,65,73)(H,74,75)/t37?,41-,46+,53?,55?,59?/m1/s1. The number of alkyl carbamates (subject to hydrolysis) is 1. The van der Waals surface area contributed by atoms with Crippen LogP contribution in [-0.2, 0) is 48.2 Å². The lowest BCUT2D eigenvalue weighted by atomic mass is 9.95. The van der Waals surface area contributed by atoms with Crippen molar-refractivity contribution in [2.45, 2.75) is 115 Å². The fraction of sp³-hybridized carbons (Fsp3) is 0.410. The molecule has 4 N–H and O–H groups in total. The summed E-state index contributed by atoms with van der Waals surface area (Å²) >= 11 is 6.65. The topological polar surface area (TPSA) is 224 Å². The van der Waals surface area contributed by atoms with Gasteiger partial charge in [0.1, 0.15) is 37.7 Å². The summed E-state index contributed by atoms with van der Waals surface area (Å²) in [5.41, 5.74) is 4.75. The molecule has 2 fully saturated rings. The van der Waals surface area contributed by atoms with E-state index in [1.807, 2.05) is 66.7 Å². The number of rotatable bonds is 20. The van der Waals surface area contributed by atoms with Crippen LogP contribution in [0.15, 0.2) is 104 Å². The van der Waals surface area contributed by atoms with Crippen molar-refractivity contribution in [2.24, 2.45) is 5.92 Å². The van der Waals surface area contributed by atoms with Crippen molar-refractivity contribution in [3.05, 3.63) is 131 Å². The average Bonchev–Trinajstić information content (AvgIpc) is 3.59. The summed E-state index contributed by atoms with van der Waals surface area (Å²) in [4.78, 5) is 85.1. The lowest BCUT2D eigenvalue weighted by Crippen LogP contribution is -2.57. The van der Waals surface area contributed by atoms with E-state index in [9.17, 15) is 33.9 Å². The summed E-state index contributed by atoms with van der Waals surface area (Å²) in [6.45, 7) is 10.1. The molecular formula is C61H69ClN6O13. The van der Waals surface area contributed by atoms with Gasteiger partial charge in [0.25, 0.3) is 5.91 Å². The summed E-state index contributed by atoms with van der Waals surface area (Å²) in [6.07, 6.45) is 2.36. The molecule has 0 bridgehead atoms. The van der Waals surface area contributed by atoms with Crippen molar-refractivity contribution in [2.75, 3.05) is 54.4 Å². The number of fused-ring (bicyclic) bond motifs is 5. The van der Waals surface area contributed by atoms with Gasteiger partial charge in [-0.05, 0) is 97.2 Å². The largest absolute Gasteiger partial charge is 0.493 e. The second kappa shape index (κ2) is 26.2. The van der Waals surface area contributed by atoms with Gasteiger partial charge in [0, 0.05) is 54.7 Å². The van der Waals surface area contributed by atoms with E-state index < -0.39 is 54.6 Å². The van der Waals surface area contributed by atoms with Gasteiger partial charge in [-0.25, -0.2) is 14.5 Å². The molecule has 0 aromatic heterocycles. The third-order valence-electron chi connectivity index (χ3n) is 15.1. The first-order valence-electron chi connectivity index (χ1n) is 27.5. The van der Waals surface area contributed by atoms with Crippen LogP contribution in [0.2, 0.25) is 0 Å². The number of benzene rings is 5. The highest BCUT2D eigenvalue weighted by atomic mass is 35.5. The summed E-state index contributed by atoms with van der Waals surface area (Å²) in [6, 6.07) is 25.1. The van der Waals surface area contributed by atoms with Crippen molar-refractivity contribution in [1.29, 1.82) is 0 Å². The van der Waals surface area contributed by atoms with E-state index in [-0.39, 0.29) is 78.5 Å². The van der Waals surface area contributed by atoms with E-state index >= 15 is 0 Å². The Bertz CT molecular complexity index is 3150. The van der Waals surface area contributed by atoms with Gasteiger partial charge in [0.05, 0.1) is 36.5 Å². The number of nitrogens with one attached hydrogen (secondary N) is 3. The SMILES string of the molecule is C=CCOC(=O)NC(C(=O)NC(C)C(=O)Nc1ccc(COc2cc3c(c4ccccc24)[C@H](CCl)CN3C(=O)Cc2cccc(COc3cc4c(cc3OC)C(=O)N3CCCC[C@H]3C(OC3CCCCO3)N4C(=O)O)c2)cc1)C(C)C. The van der Waals surface area contributed by atoms with Crippen molar-refractivity contribution in [3.8, 4) is 17.2 Å². The second-order valence-electron chi connectivity index (χ2n) is 21.0. The molecule has 4 unspecified atom stereocenters. The predicted molar refractivity (Wildman–Crippen MR) is 305 cm³/mol. The smallest absolute Gasteiger partial charge is 0.414 e. The van der Waals surface area contributed by atoms with Crippen LogP contribution in [-0.4, -0.2) is 116 Å². The molecule has 0 saturated carbocycles. The maximum Gasteiger partial charge on any atom is 0.414 e. The Balaban J connectivity index is 0.872. The molecule has 2 saturated heterocycles. The molecule has 5 aromatic rings. The number of carbonyl (C=O) groups is 6. The molecule has 81 heavy (non-hydrogen) atoms. The van der Waals surface area contributed by atoms with Gasteiger partial charge < -0.3 is 59.3 Å². The number of methoxy groups -OCH3 is 1. The molecule has 19 nitrogen and oxygen atoms in total. The minimum Gasteiger partial charge on any atom is -0.493 e. The van der Waals surface area contributed by atoms with Crippen LogP contribution in [0, 0.1) is 5.92 Å². The molecule has 5 aromatic carbocycles. The number of carbonyl (C=O) groups excluding carboxylic acids is 5. The highest BCUT2D eigenvalue weighted by Crippen LogP contribution is 2.47. The first-order chi connectivity index (χ1) is 39.1. The number of alkyl halides is 1. The molecule has 20 heteroatoms. The van der Waals surface area contributed by atoms with Crippen LogP contribution in [0.25, 0.3) is 10.8 Å². The third-order valence-corrected chi connectivity index (χ3v) is 15.5. The van der Waals surface area contributed by atoms with Gasteiger partial charge in [0.2, 0.25) is 17.7 Å². The van der Waals surface area contributed by atoms with E-state index in [1.165, 1.54) is 25.3 Å². The predicted octanol–water partition coefficient (Wildman–Crippen LogP) is 9.66. The number of halogens is 1. The number of anilines is 3. The molecule has 6 atom stereocenters. The molecule has 4 aliphatic heterocycles. The van der Waals surface area contributed by atoms with E-state index in [2.05, 4.69) is 22.5 Å². The van der Waals surface area contributed by atoms with Gasteiger partial charge >= 0.3 is 12.2 Å². The van der Waals surface area contributed by atoms with Gasteiger partial charge in [-0.2, -0.15) is 0 Å². The maximum atomic E-state index is 14.5. The van der Waals surface area contributed by atoms with Crippen LogP contribution in [0.5, 0.6) is 17.2 Å². The first-order valence-corrected chi connectivity index (χ1v) is 28.0. The number of nitrogens with zero attached hydrogens (tertiary/aromatic N) is 3. The average molecular weight is 1130 g/mol. The number of carboxylic acid groups (broad SMARTS) is 1. The van der Waals surface area contributed by atoms with Crippen LogP contribution < -0.4 is 40.0 Å². The number of ether oxygens (including phenoxy) is 6. The van der Waals surface area contributed by atoms with Crippen molar-refractivity contribution >= 4 is 75.3 Å². The summed E-state index contributed by atoms with van der Waals surface area (Å²) in [5, 5.41) is 20.6. The minimum absolute atomic E-state index is 0.0127. The number of amides is 6. The molecule has 0 aliphatic carbocycles. The summed E-state index contributed by atoms with van der Waals surface area (Å²) < 4.78 is 36.0. The number of hydrogen-bond acceptors (Lipinski definition) is 12. The fourth-order valence-corrected chi connectivity index (χ4v) is 11.2. The van der Waals surface area contributed by atoms with Crippen LogP contribution in [0.3, 0.4) is 0 Å². The zero-order valence-corrected chi connectivity index (χ0v) is 46.7. The van der Waals surface area contributed by atoms with Gasteiger partial charge in [-0.1, -0.05) is 87.2 Å². The van der Waals surface area contributed by atoms with Crippen LogP contribution in [0.4, 0.5) is 26.7 Å². The normalized spacial score (nSPS) is 19.3. The third kappa shape index (κ3) is 13.2. The quantitative estimate of drug-likeness (QED) is 0.0421. The van der Waals surface area contributed by atoms with Crippen molar-refractivity contribution < 1.29 is 62.3 Å². The molecule has 9 rings (SSSR count). The first kappa shape index (κ1) is 57.8. The van der Waals surface area contributed by atoms with Crippen LogP contribution in [0.1, 0.15) is 97.8 Å². The molecule has 428 valence electrons. The Labute approximate surface area is 475 Å². The Kier molecular flexibility index (Phi) is 18.7. The zero-order valence-electron chi connectivity index (χ0n) is 46.0. The van der Waals surface area contributed by atoms with Crippen molar-refractivity contribution in [3.63, 3.8) is 0 Å². The molecule has 4 heterocycles. The Hall–Kier alpha value is -7.87. The van der Waals surface area contributed by atoms with Crippen molar-refractivity contribution in [1.82, 2.24) is 15.5 Å². The van der Waals surface area contributed by atoms with Gasteiger partial charge in [-0.15, -0.1) is 11.6 Å². The fourth-order valence-electron chi connectivity index (χ4n) is 11.0. The molecule has 0 spiro atoms. The molecule has 4 aliphatic rings. The molecule has 0 radical (unpaired) electrons. The highest BCUT2D eigenvalue weighted by Gasteiger charge is 2.46. The van der Waals surface area contributed by atoms with Gasteiger partial charge in [0.15, 0.2) is 24.0 Å². The number of hydrogen-bond donors (Lipinski definition) is 4. The zero-order chi connectivity index (χ0) is 57.3. The second-order valence-corrected chi connectivity index (χ2v) is 21.3. The Morgan fingerprint density at radius 1 is 0.815 bits per heavy atom. The Morgan fingerprint density at radius 2 is 1.54 bits per heavy atom. The van der Waals surface area contributed by atoms with E-state index in [0.717, 1.165) is 63.6 Å². The lowest BCUT2D eigenvalue weighted by molar-refractivity contribution is -0.198. The lowest BCUT2D eigenvalue weighted by Gasteiger charge is -2.42. The summed E-state index contributed by atoms with van der Waals surface area (Å²) in [7, 11) is 1.47. The Morgan fingerprint density at radius 3 is 2.26 bits per heavy atom. The molecule has 6 amide bonds. The van der Waals surface area contributed by atoms with E-state index in [0.29, 0.717) is 49.7 Å². The minimum atomic E-state index is -1.27.